The molecule has 0 spiro atoms. The minimum absolute atomic E-state index is 0.312. The highest BCUT2D eigenvalue weighted by Gasteiger charge is 2.28. The summed E-state index contributed by atoms with van der Waals surface area (Å²) in [6.07, 6.45) is 1.93. The van der Waals surface area contributed by atoms with Crippen LogP contribution in [0.2, 0.25) is 0 Å². The third kappa shape index (κ3) is 6.13. The van der Waals surface area contributed by atoms with Crippen molar-refractivity contribution in [3.63, 3.8) is 0 Å². The molecule has 176 valence electrons. The van der Waals surface area contributed by atoms with Crippen LogP contribution < -0.4 is 9.47 Å². The summed E-state index contributed by atoms with van der Waals surface area (Å²) < 4.78 is 18.7. The van der Waals surface area contributed by atoms with E-state index < -0.39 is 6.10 Å². The van der Waals surface area contributed by atoms with Crippen LogP contribution in [0.1, 0.15) is 18.4 Å². The Morgan fingerprint density at radius 2 is 1.85 bits per heavy atom. The largest absolute Gasteiger partial charge is 0.497 e. The van der Waals surface area contributed by atoms with Crippen molar-refractivity contribution in [1.29, 1.82) is 0 Å². The molecule has 1 saturated carbocycles. The molecule has 0 radical (unpaired) electrons. The van der Waals surface area contributed by atoms with Gasteiger partial charge in [0.05, 0.1) is 25.4 Å². The second kappa shape index (κ2) is 10.8. The summed E-state index contributed by atoms with van der Waals surface area (Å²) in [5, 5.41) is 15.3. The van der Waals surface area contributed by atoms with Crippen molar-refractivity contribution < 1.29 is 19.3 Å². The van der Waals surface area contributed by atoms with Gasteiger partial charge < -0.3 is 19.3 Å². The molecule has 0 aliphatic heterocycles. The number of aliphatic hydroxyl groups is 1. The third-order valence-electron chi connectivity index (χ3n) is 5.81. The number of hydrogen-bond acceptors (Lipinski definition) is 6. The molecule has 2 aromatic carbocycles. The monoisotopic (exact) mass is 451 g/mol. The maximum atomic E-state index is 10.5. The summed E-state index contributed by atoms with van der Waals surface area (Å²) in [5.41, 5.74) is 2.92. The van der Waals surface area contributed by atoms with Gasteiger partial charge in [0.25, 0.3) is 0 Å². The highest BCUT2D eigenvalue weighted by molar-refractivity contribution is 5.65. The Bertz CT molecular complexity index is 1030. The Kier molecular flexibility index (Phi) is 7.65. The van der Waals surface area contributed by atoms with E-state index in [0.29, 0.717) is 37.2 Å². The summed E-state index contributed by atoms with van der Waals surface area (Å²) in [6.45, 7) is 2.40. The van der Waals surface area contributed by atoms with Crippen LogP contribution in [0.3, 0.4) is 0 Å². The average Bonchev–Trinajstić information content (AvgIpc) is 3.59. The predicted molar refractivity (Wildman–Crippen MR) is 128 cm³/mol. The molecular weight excluding hydrogens is 418 g/mol. The zero-order chi connectivity index (χ0) is 23.2. The lowest BCUT2D eigenvalue weighted by atomic mass is 10.1. The minimum Gasteiger partial charge on any atom is -0.497 e. The van der Waals surface area contributed by atoms with Crippen LogP contribution in [0.5, 0.6) is 17.4 Å². The Morgan fingerprint density at radius 3 is 2.55 bits per heavy atom. The summed E-state index contributed by atoms with van der Waals surface area (Å²) in [4.78, 5) is 2.29. The van der Waals surface area contributed by atoms with Crippen molar-refractivity contribution in [1.82, 2.24) is 14.7 Å². The summed E-state index contributed by atoms with van der Waals surface area (Å²) >= 11 is 0. The molecule has 1 atom stereocenters. The van der Waals surface area contributed by atoms with Gasteiger partial charge in [-0.2, -0.15) is 5.10 Å². The molecule has 1 N–H and O–H groups in total. The maximum absolute atomic E-state index is 10.5. The molecule has 0 bridgehead atoms. The van der Waals surface area contributed by atoms with Gasteiger partial charge in [-0.3, -0.25) is 4.90 Å². The van der Waals surface area contributed by atoms with E-state index in [0.717, 1.165) is 29.1 Å². The van der Waals surface area contributed by atoms with E-state index in [-0.39, 0.29) is 0 Å². The van der Waals surface area contributed by atoms with Gasteiger partial charge in [-0.15, -0.1) is 0 Å². The fourth-order valence-electron chi connectivity index (χ4n) is 4.06. The topological polar surface area (TPSA) is 69.0 Å². The van der Waals surface area contributed by atoms with Gasteiger partial charge in [0, 0.05) is 45.4 Å². The predicted octanol–water partition coefficient (Wildman–Crippen LogP) is 4.11. The molecule has 1 aromatic heterocycles. The fraction of sp³-hybridized carbons (Fsp3) is 0.423. The minimum atomic E-state index is -0.548. The standard InChI is InChI=1S/C26H33N3O4/c1-28-26(33-23-11-7-10-22(14-23)32-3)24(25(27-28)20-8-5-4-6-9-20)17-29(15-19-12-13-19)16-21(30)18-31-2/h4-11,14,19,21,30H,12-13,15-18H2,1-3H3/t21-/m0/s1. The normalized spacial score (nSPS) is 14.5. The molecule has 0 unspecified atom stereocenters. The lowest BCUT2D eigenvalue weighted by molar-refractivity contribution is 0.0346. The van der Waals surface area contributed by atoms with Crippen LogP contribution in [0, 0.1) is 5.92 Å². The molecule has 7 heteroatoms. The van der Waals surface area contributed by atoms with Gasteiger partial charge in [-0.1, -0.05) is 36.4 Å². The number of rotatable bonds is 12. The number of hydrogen-bond donors (Lipinski definition) is 1. The van der Waals surface area contributed by atoms with E-state index in [1.165, 1.54) is 12.8 Å². The van der Waals surface area contributed by atoms with Gasteiger partial charge in [0.2, 0.25) is 5.88 Å². The molecule has 33 heavy (non-hydrogen) atoms. The second-order valence-electron chi connectivity index (χ2n) is 8.65. The van der Waals surface area contributed by atoms with E-state index in [4.69, 9.17) is 19.3 Å². The molecule has 0 saturated heterocycles. The third-order valence-corrected chi connectivity index (χ3v) is 5.81. The van der Waals surface area contributed by atoms with Gasteiger partial charge in [0.15, 0.2) is 0 Å². The molecule has 7 nitrogen and oxygen atoms in total. The van der Waals surface area contributed by atoms with Crippen molar-refractivity contribution in [3.8, 4) is 28.6 Å². The van der Waals surface area contributed by atoms with E-state index in [1.807, 2.05) is 49.5 Å². The van der Waals surface area contributed by atoms with E-state index >= 15 is 0 Å². The summed E-state index contributed by atoms with van der Waals surface area (Å²) in [7, 11) is 5.16. The van der Waals surface area contributed by atoms with Gasteiger partial charge in [-0.25, -0.2) is 4.68 Å². The maximum Gasteiger partial charge on any atom is 0.222 e. The van der Waals surface area contributed by atoms with Crippen molar-refractivity contribution in [2.45, 2.75) is 25.5 Å². The Morgan fingerprint density at radius 1 is 1.09 bits per heavy atom. The molecule has 1 heterocycles. The first-order valence-corrected chi connectivity index (χ1v) is 11.4. The number of nitrogens with zero attached hydrogens (tertiary/aromatic N) is 3. The zero-order valence-corrected chi connectivity index (χ0v) is 19.6. The molecular formula is C26H33N3O4. The summed E-state index contributed by atoms with van der Waals surface area (Å²) in [6, 6.07) is 17.7. The first-order valence-electron chi connectivity index (χ1n) is 11.4. The highest BCUT2D eigenvalue weighted by Crippen LogP contribution is 2.36. The van der Waals surface area contributed by atoms with E-state index in [1.54, 1.807) is 18.9 Å². The van der Waals surface area contributed by atoms with Crippen LogP contribution in [-0.4, -0.2) is 59.8 Å². The number of methoxy groups -OCH3 is 2. The first kappa shape index (κ1) is 23.3. The molecule has 1 aliphatic carbocycles. The van der Waals surface area contributed by atoms with Crippen LogP contribution in [0.4, 0.5) is 0 Å². The lowest BCUT2D eigenvalue weighted by Crippen LogP contribution is -2.35. The fourth-order valence-corrected chi connectivity index (χ4v) is 4.06. The molecule has 0 amide bonds. The zero-order valence-electron chi connectivity index (χ0n) is 19.6. The molecule has 4 rings (SSSR count). The summed E-state index contributed by atoms with van der Waals surface area (Å²) in [5.74, 6) is 2.78. The highest BCUT2D eigenvalue weighted by atomic mass is 16.5. The number of aryl methyl sites for hydroxylation is 1. The Balaban J connectivity index is 1.69. The Labute approximate surface area is 195 Å². The number of aliphatic hydroxyl groups excluding tert-OH is 1. The smallest absolute Gasteiger partial charge is 0.222 e. The first-order chi connectivity index (χ1) is 16.1. The quantitative estimate of drug-likeness (QED) is 0.447. The molecule has 1 fully saturated rings. The van der Waals surface area contributed by atoms with Crippen molar-refractivity contribution in [2.75, 3.05) is 33.9 Å². The van der Waals surface area contributed by atoms with Gasteiger partial charge >= 0.3 is 0 Å². The number of aromatic nitrogens is 2. The van der Waals surface area contributed by atoms with Crippen LogP contribution in [-0.2, 0) is 18.3 Å². The van der Waals surface area contributed by atoms with Crippen LogP contribution >= 0.6 is 0 Å². The number of ether oxygens (including phenoxy) is 3. The Hall–Kier alpha value is -2.87. The van der Waals surface area contributed by atoms with Crippen molar-refractivity contribution in [2.24, 2.45) is 13.0 Å². The van der Waals surface area contributed by atoms with E-state index in [9.17, 15) is 5.11 Å². The van der Waals surface area contributed by atoms with Crippen LogP contribution in [0.25, 0.3) is 11.3 Å². The molecule has 3 aromatic rings. The van der Waals surface area contributed by atoms with Crippen molar-refractivity contribution >= 4 is 0 Å². The lowest BCUT2D eigenvalue weighted by Gasteiger charge is -2.25. The molecule has 1 aliphatic rings. The number of benzene rings is 2. The average molecular weight is 452 g/mol. The van der Waals surface area contributed by atoms with E-state index in [2.05, 4.69) is 17.0 Å². The van der Waals surface area contributed by atoms with Gasteiger partial charge in [0.1, 0.15) is 17.2 Å². The van der Waals surface area contributed by atoms with Crippen LogP contribution in [0.15, 0.2) is 54.6 Å². The SMILES string of the molecule is COC[C@@H](O)CN(Cc1c(-c2ccccc2)nn(C)c1Oc1cccc(OC)c1)CC1CC1. The van der Waals surface area contributed by atoms with Gasteiger partial charge in [-0.05, 0) is 30.9 Å². The second-order valence-corrected chi connectivity index (χ2v) is 8.65. The van der Waals surface area contributed by atoms with Crippen molar-refractivity contribution in [3.05, 3.63) is 60.2 Å².